The van der Waals surface area contributed by atoms with Gasteiger partial charge in [-0.1, -0.05) is 15.9 Å². The van der Waals surface area contributed by atoms with Crippen LogP contribution >= 0.6 is 31.9 Å². The van der Waals surface area contributed by atoms with Crippen LogP contribution < -0.4 is 5.32 Å². The van der Waals surface area contributed by atoms with Gasteiger partial charge in [-0.05, 0) is 28.1 Å². The fraction of sp³-hybridized carbons (Fsp3) is 0.562. The van der Waals surface area contributed by atoms with E-state index in [2.05, 4.69) is 53.0 Å². The first kappa shape index (κ1) is 16.9. The molecule has 1 N–H and O–H groups in total. The van der Waals surface area contributed by atoms with Gasteiger partial charge in [0.2, 0.25) is 0 Å². The number of rotatable bonds is 2. The third-order valence-corrected chi connectivity index (χ3v) is 6.01. The van der Waals surface area contributed by atoms with Crippen LogP contribution in [0.3, 0.4) is 0 Å². The lowest BCUT2D eigenvalue weighted by atomic mass is 9.95. The van der Waals surface area contributed by atoms with Crippen LogP contribution in [0.15, 0.2) is 21.1 Å². The van der Waals surface area contributed by atoms with Gasteiger partial charge in [-0.2, -0.15) is 0 Å². The highest BCUT2D eigenvalue weighted by atomic mass is 79.9. The molecule has 1 aromatic carbocycles. The van der Waals surface area contributed by atoms with Crippen LogP contribution in [-0.2, 0) is 19.9 Å². The van der Waals surface area contributed by atoms with Crippen molar-refractivity contribution in [2.24, 2.45) is 0 Å². The lowest BCUT2D eigenvalue weighted by Crippen LogP contribution is -2.66. The lowest BCUT2D eigenvalue weighted by molar-refractivity contribution is -0.160. The van der Waals surface area contributed by atoms with Gasteiger partial charge in [-0.3, -0.25) is 14.6 Å². The van der Waals surface area contributed by atoms with E-state index in [0.29, 0.717) is 26.4 Å². The number of carbonyl (C=O) groups excluding carboxylic acids is 1. The Bertz CT molecular complexity index is 640. The predicted molar refractivity (Wildman–Crippen MR) is 96.9 cm³/mol. The van der Waals surface area contributed by atoms with Gasteiger partial charge in [0.1, 0.15) is 0 Å². The van der Waals surface area contributed by atoms with E-state index in [4.69, 9.17) is 9.47 Å². The summed E-state index contributed by atoms with van der Waals surface area (Å²) in [6.07, 6.45) is 0. The van der Waals surface area contributed by atoms with Crippen molar-refractivity contribution in [2.75, 3.05) is 57.9 Å². The minimum atomic E-state index is -0.796. The SMILES string of the molecule is O=C1Nc2c(Br)cc(Br)cc2C1(N1CCOCC1)N1CCOCC1. The maximum Gasteiger partial charge on any atom is 0.264 e. The molecule has 8 heteroatoms. The van der Waals surface area contributed by atoms with Crippen molar-refractivity contribution in [3.63, 3.8) is 0 Å². The molecular weight excluding hydrogens is 442 g/mol. The van der Waals surface area contributed by atoms with Crippen molar-refractivity contribution < 1.29 is 14.3 Å². The Balaban J connectivity index is 1.88. The Hall–Kier alpha value is -0.510. The average Bonchev–Trinajstić information content (AvgIpc) is 2.90. The molecule has 0 aromatic heterocycles. The van der Waals surface area contributed by atoms with Crippen LogP contribution in [-0.4, -0.2) is 68.3 Å². The summed E-state index contributed by atoms with van der Waals surface area (Å²) in [6.45, 7) is 5.49. The fourth-order valence-electron chi connectivity index (χ4n) is 3.90. The lowest BCUT2D eigenvalue weighted by Gasteiger charge is -2.49. The largest absolute Gasteiger partial charge is 0.379 e. The molecule has 2 saturated heterocycles. The topological polar surface area (TPSA) is 54.0 Å². The van der Waals surface area contributed by atoms with E-state index in [1.807, 2.05) is 6.07 Å². The fourth-order valence-corrected chi connectivity index (χ4v) is 5.22. The molecule has 0 atom stereocenters. The smallest absolute Gasteiger partial charge is 0.264 e. The van der Waals surface area contributed by atoms with Crippen LogP contribution in [0.2, 0.25) is 0 Å². The molecule has 3 aliphatic heterocycles. The van der Waals surface area contributed by atoms with Gasteiger partial charge in [0.25, 0.3) is 5.91 Å². The van der Waals surface area contributed by atoms with Gasteiger partial charge in [0, 0.05) is 40.7 Å². The van der Waals surface area contributed by atoms with Gasteiger partial charge in [-0.15, -0.1) is 0 Å². The van der Waals surface area contributed by atoms with Crippen LogP contribution in [0.4, 0.5) is 5.69 Å². The number of hydrogen-bond acceptors (Lipinski definition) is 5. The van der Waals surface area contributed by atoms with Gasteiger partial charge >= 0.3 is 0 Å². The normalized spacial score (nSPS) is 24.7. The second kappa shape index (κ2) is 6.66. The third kappa shape index (κ3) is 2.55. The minimum Gasteiger partial charge on any atom is -0.379 e. The summed E-state index contributed by atoms with van der Waals surface area (Å²) in [6, 6.07) is 4.02. The molecule has 6 nitrogen and oxygen atoms in total. The molecule has 3 aliphatic rings. The Morgan fingerprint density at radius 2 is 1.50 bits per heavy atom. The number of fused-ring (bicyclic) bond motifs is 1. The molecule has 0 saturated carbocycles. The number of nitrogens with zero attached hydrogens (tertiary/aromatic N) is 2. The summed E-state index contributed by atoms with van der Waals surface area (Å²) in [7, 11) is 0. The van der Waals surface area contributed by atoms with Crippen molar-refractivity contribution in [2.45, 2.75) is 5.66 Å². The van der Waals surface area contributed by atoms with Gasteiger partial charge < -0.3 is 14.8 Å². The molecule has 1 aromatic rings. The molecule has 24 heavy (non-hydrogen) atoms. The molecule has 0 bridgehead atoms. The zero-order valence-corrected chi connectivity index (χ0v) is 16.4. The number of anilines is 1. The first-order valence-corrected chi connectivity index (χ1v) is 9.69. The highest BCUT2D eigenvalue weighted by Crippen LogP contribution is 2.47. The van der Waals surface area contributed by atoms with Gasteiger partial charge in [-0.25, -0.2) is 0 Å². The number of nitrogens with one attached hydrogen (secondary N) is 1. The Kier molecular flexibility index (Phi) is 4.70. The monoisotopic (exact) mass is 459 g/mol. The molecule has 2 fully saturated rings. The summed E-state index contributed by atoms with van der Waals surface area (Å²) in [4.78, 5) is 17.8. The maximum absolute atomic E-state index is 13.3. The number of hydrogen-bond donors (Lipinski definition) is 1. The molecule has 0 aliphatic carbocycles. The zero-order valence-electron chi connectivity index (χ0n) is 13.2. The van der Waals surface area contributed by atoms with Crippen molar-refractivity contribution >= 4 is 43.5 Å². The first-order valence-electron chi connectivity index (χ1n) is 8.10. The van der Waals surface area contributed by atoms with Gasteiger partial charge in [0.05, 0.1) is 32.1 Å². The Labute approximate surface area is 157 Å². The second-order valence-electron chi connectivity index (χ2n) is 6.14. The first-order chi connectivity index (χ1) is 11.6. The summed E-state index contributed by atoms with van der Waals surface area (Å²) in [5.41, 5.74) is 1.06. The highest BCUT2D eigenvalue weighted by molar-refractivity contribution is 9.11. The number of carbonyl (C=O) groups is 1. The van der Waals surface area contributed by atoms with Crippen molar-refractivity contribution in [3.8, 4) is 0 Å². The predicted octanol–water partition coefficient (Wildman–Crippen LogP) is 1.98. The average molecular weight is 461 g/mol. The molecule has 0 unspecified atom stereocenters. The van der Waals surface area contributed by atoms with E-state index < -0.39 is 5.66 Å². The third-order valence-electron chi connectivity index (χ3n) is 4.92. The van der Waals surface area contributed by atoms with Crippen LogP contribution in [0, 0.1) is 0 Å². The molecule has 0 radical (unpaired) electrons. The number of benzene rings is 1. The van der Waals surface area contributed by atoms with E-state index in [9.17, 15) is 4.79 Å². The van der Waals surface area contributed by atoms with Gasteiger partial charge in [0.15, 0.2) is 5.66 Å². The van der Waals surface area contributed by atoms with Crippen molar-refractivity contribution in [3.05, 3.63) is 26.6 Å². The minimum absolute atomic E-state index is 0.0140. The van der Waals surface area contributed by atoms with E-state index in [0.717, 1.165) is 46.4 Å². The highest BCUT2D eigenvalue weighted by Gasteiger charge is 2.56. The second-order valence-corrected chi connectivity index (χ2v) is 7.91. The maximum atomic E-state index is 13.3. The molecular formula is C16H19Br2N3O3. The van der Waals surface area contributed by atoms with Crippen molar-refractivity contribution in [1.82, 2.24) is 9.80 Å². The summed E-state index contributed by atoms with van der Waals surface area (Å²) in [5.74, 6) is 0.0140. The van der Waals surface area contributed by atoms with Crippen LogP contribution in [0.1, 0.15) is 5.56 Å². The number of morpholine rings is 2. The van der Waals surface area contributed by atoms with Crippen LogP contribution in [0.25, 0.3) is 0 Å². The number of ether oxygens (including phenoxy) is 2. The summed E-state index contributed by atoms with van der Waals surface area (Å²) < 4.78 is 12.9. The zero-order chi connectivity index (χ0) is 16.7. The van der Waals surface area contributed by atoms with Crippen molar-refractivity contribution in [1.29, 1.82) is 0 Å². The molecule has 0 spiro atoms. The van der Waals surface area contributed by atoms with E-state index in [1.165, 1.54) is 0 Å². The Morgan fingerprint density at radius 1 is 0.958 bits per heavy atom. The summed E-state index contributed by atoms with van der Waals surface area (Å²) >= 11 is 7.17. The van der Waals surface area contributed by atoms with E-state index in [1.54, 1.807) is 0 Å². The Morgan fingerprint density at radius 3 is 2.04 bits per heavy atom. The summed E-state index contributed by atoms with van der Waals surface area (Å²) in [5, 5.41) is 3.11. The van der Waals surface area contributed by atoms with E-state index in [-0.39, 0.29) is 5.91 Å². The molecule has 4 rings (SSSR count). The molecule has 1 amide bonds. The van der Waals surface area contributed by atoms with Crippen LogP contribution in [0.5, 0.6) is 0 Å². The quantitative estimate of drug-likeness (QED) is 0.731. The molecule has 3 heterocycles. The van der Waals surface area contributed by atoms with E-state index >= 15 is 0 Å². The number of halogens is 2. The number of amides is 1. The molecule has 130 valence electrons. The standard InChI is InChI=1S/C16H19Br2N3O3/c17-11-9-12-14(13(18)10-11)19-15(22)16(12,20-1-5-23-6-2-20)21-3-7-24-8-4-21/h9-10H,1-8H2,(H,19,22).